The predicted octanol–water partition coefficient (Wildman–Crippen LogP) is 8.65. The van der Waals surface area contributed by atoms with Crippen molar-refractivity contribution in [3.05, 3.63) is 183 Å². The molecule has 2 atom stereocenters. The highest BCUT2D eigenvalue weighted by Crippen LogP contribution is 2.37. The van der Waals surface area contributed by atoms with Crippen LogP contribution in [0.5, 0.6) is 0 Å². The third kappa shape index (κ3) is 13.4. The number of amides is 3. The molecule has 0 fully saturated rings. The number of aliphatic hydroxyl groups excluding tert-OH is 1. The Balaban J connectivity index is 1.32. The summed E-state index contributed by atoms with van der Waals surface area (Å²) in [5.41, 5.74) is 14.5. The maximum absolute atomic E-state index is 14.1. The van der Waals surface area contributed by atoms with Gasteiger partial charge in [0, 0.05) is 30.0 Å². The Bertz CT molecular complexity index is 2070. The molecule has 5 N–H and O–H groups in total. The van der Waals surface area contributed by atoms with Gasteiger partial charge in [-0.15, -0.1) is 0 Å². The second kappa shape index (κ2) is 24.0. The summed E-state index contributed by atoms with van der Waals surface area (Å²) in [5.74, 6) is -1.06. The largest absolute Gasteiger partial charge is 0.392 e. The van der Waals surface area contributed by atoms with Crippen molar-refractivity contribution in [1.29, 1.82) is 0 Å². The van der Waals surface area contributed by atoms with Crippen molar-refractivity contribution in [2.45, 2.75) is 88.9 Å². The zero-order chi connectivity index (χ0) is 42.4. The number of hydrogen-bond acceptors (Lipinski definition) is 6. The summed E-state index contributed by atoms with van der Waals surface area (Å²) in [5, 5.41) is 25.9. The fourth-order valence-electron chi connectivity index (χ4n) is 7.39. The molecule has 3 amide bonds. The summed E-state index contributed by atoms with van der Waals surface area (Å²) in [6.07, 6.45) is 5.18. The van der Waals surface area contributed by atoms with Crippen LogP contribution < -0.4 is 21.3 Å². The van der Waals surface area contributed by atoms with E-state index in [-0.39, 0.29) is 31.3 Å². The monoisotopic (exact) mass is 807 g/mol. The highest BCUT2D eigenvalue weighted by Gasteiger charge is 2.36. The topological polar surface area (TPSA) is 168 Å². The third-order valence-electron chi connectivity index (χ3n) is 10.7. The van der Waals surface area contributed by atoms with E-state index in [4.69, 9.17) is 5.53 Å². The zero-order valence-electron chi connectivity index (χ0n) is 34.4. The van der Waals surface area contributed by atoms with Crippen LogP contribution in [0.4, 0.5) is 5.69 Å². The van der Waals surface area contributed by atoms with Crippen molar-refractivity contribution in [3.63, 3.8) is 0 Å². The molecule has 11 nitrogen and oxygen atoms in total. The molecule has 312 valence electrons. The predicted molar refractivity (Wildman–Crippen MR) is 238 cm³/mol. The van der Waals surface area contributed by atoms with Gasteiger partial charge in [0.2, 0.25) is 17.7 Å². The molecule has 11 heteroatoms. The van der Waals surface area contributed by atoms with Crippen LogP contribution in [0.15, 0.2) is 145 Å². The molecule has 0 saturated heterocycles. The van der Waals surface area contributed by atoms with Gasteiger partial charge in [-0.3, -0.25) is 19.7 Å². The van der Waals surface area contributed by atoms with Crippen LogP contribution in [0.3, 0.4) is 0 Å². The molecule has 0 unspecified atom stereocenters. The van der Waals surface area contributed by atoms with Crippen molar-refractivity contribution in [2.75, 3.05) is 18.4 Å². The number of azide groups is 1. The fourth-order valence-corrected chi connectivity index (χ4v) is 7.39. The first-order valence-electron chi connectivity index (χ1n) is 20.9. The van der Waals surface area contributed by atoms with Crippen LogP contribution in [-0.2, 0) is 33.0 Å². The number of rotatable bonds is 24. The average Bonchev–Trinajstić information content (AvgIpc) is 3.28. The van der Waals surface area contributed by atoms with Gasteiger partial charge in [0.15, 0.2) is 0 Å². The van der Waals surface area contributed by atoms with Crippen LogP contribution in [0, 0.1) is 6.92 Å². The van der Waals surface area contributed by atoms with Gasteiger partial charge in [-0.05, 0) is 91.1 Å². The van der Waals surface area contributed by atoms with E-state index in [1.165, 1.54) is 5.56 Å². The number of aliphatic hydroxyl groups is 1. The molecule has 5 rings (SSSR count). The van der Waals surface area contributed by atoms with Crippen molar-refractivity contribution < 1.29 is 19.5 Å². The minimum atomic E-state index is -0.905. The Morgan fingerprint density at radius 3 is 1.87 bits per heavy atom. The number of unbranched alkanes of at least 4 members (excludes halogenated alkanes) is 4. The number of nitrogens with zero attached hydrogens (tertiary/aromatic N) is 3. The van der Waals surface area contributed by atoms with Crippen molar-refractivity contribution in [1.82, 2.24) is 16.0 Å². The Morgan fingerprint density at radius 2 is 1.25 bits per heavy atom. The van der Waals surface area contributed by atoms with Gasteiger partial charge in [-0.25, -0.2) is 0 Å². The van der Waals surface area contributed by atoms with Crippen LogP contribution in [0.25, 0.3) is 10.4 Å². The molecule has 5 aromatic rings. The van der Waals surface area contributed by atoms with Crippen molar-refractivity contribution in [3.8, 4) is 0 Å². The first-order valence-corrected chi connectivity index (χ1v) is 20.9. The van der Waals surface area contributed by atoms with E-state index in [1.807, 2.05) is 42.5 Å². The smallest absolute Gasteiger partial charge is 0.246 e. The van der Waals surface area contributed by atoms with Gasteiger partial charge in [0.1, 0.15) is 12.1 Å². The highest BCUT2D eigenvalue weighted by atomic mass is 16.3. The molecule has 0 bridgehead atoms. The maximum Gasteiger partial charge on any atom is 0.246 e. The lowest BCUT2D eigenvalue weighted by Crippen LogP contribution is -2.53. The van der Waals surface area contributed by atoms with E-state index in [9.17, 15) is 19.5 Å². The standard InChI is InChI=1S/C49H57N7O4/c1-37-25-29-42(30-26-37)49(40-19-9-5-10-20-40,41-21-11-6-12-22-41)51-33-16-14-23-44(47(59)53-43-31-27-39(36-57)28-32-43)55-48(60)45(35-38-17-7-4-8-18-38)54-46(58)24-13-2-3-15-34-52-56-50/h4-12,17-22,25-32,44-45,51,57H,2-3,13-16,23-24,33-36H2,1H3,(H,53,59)(H,54,58)(H,55,60)/t44-,45-/m0/s1. The second-order valence-corrected chi connectivity index (χ2v) is 15.1. The number of hydrogen-bond donors (Lipinski definition) is 5. The van der Waals surface area contributed by atoms with E-state index in [2.05, 4.69) is 111 Å². The first-order chi connectivity index (χ1) is 29.3. The molecule has 0 aromatic heterocycles. The molecule has 0 radical (unpaired) electrons. The van der Waals surface area contributed by atoms with E-state index in [1.54, 1.807) is 24.3 Å². The summed E-state index contributed by atoms with van der Waals surface area (Å²) in [6, 6.07) is 44.0. The first kappa shape index (κ1) is 44.8. The molecule has 0 aliphatic rings. The van der Waals surface area contributed by atoms with Crippen LogP contribution >= 0.6 is 0 Å². The molecule has 60 heavy (non-hydrogen) atoms. The summed E-state index contributed by atoms with van der Waals surface area (Å²) >= 11 is 0. The molecule has 0 heterocycles. The van der Waals surface area contributed by atoms with E-state index >= 15 is 0 Å². The third-order valence-corrected chi connectivity index (χ3v) is 10.7. The number of carbonyl (C=O) groups excluding carboxylic acids is 3. The van der Waals surface area contributed by atoms with E-state index in [0.717, 1.165) is 41.5 Å². The number of benzene rings is 5. The molecule has 0 spiro atoms. The summed E-state index contributed by atoms with van der Waals surface area (Å²) in [4.78, 5) is 44.1. The molecular weight excluding hydrogens is 751 g/mol. The number of aryl methyl sites for hydroxylation is 1. The SMILES string of the molecule is Cc1ccc(C(NCCCC[C@H](NC(=O)[C@H](Cc2ccccc2)NC(=O)CCCCCCN=[N+]=[N-])C(=O)Nc2ccc(CO)cc2)(c2ccccc2)c2ccccc2)cc1. The lowest BCUT2D eigenvalue weighted by molar-refractivity contribution is -0.131. The summed E-state index contributed by atoms with van der Waals surface area (Å²) < 4.78 is 0. The molecule has 0 saturated carbocycles. The van der Waals surface area contributed by atoms with Gasteiger partial charge in [0.25, 0.3) is 0 Å². The molecule has 0 aliphatic heterocycles. The molecular formula is C49H57N7O4. The minimum Gasteiger partial charge on any atom is -0.392 e. The molecule has 5 aromatic carbocycles. The number of anilines is 1. The summed E-state index contributed by atoms with van der Waals surface area (Å²) in [6.45, 7) is 3.00. The number of nitrogens with one attached hydrogen (secondary N) is 4. The molecule has 0 aliphatic carbocycles. The van der Waals surface area contributed by atoms with Gasteiger partial charge in [-0.1, -0.05) is 151 Å². The normalized spacial score (nSPS) is 12.1. The van der Waals surface area contributed by atoms with Gasteiger partial charge >= 0.3 is 0 Å². The fraction of sp³-hybridized carbons (Fsp3) is 0.327. The zero-order valence-corrected chi connectivity index (χ0v) is 34.4. The number of carbonyl (C=O) groups is 3. The Morgan fingerprint density at radius 1 is 0.650 bits per heavy atom. The quantitative estimate of drug-likeness (QED) is 0.0138. The lowest BCUT2D eigenvalue weighted by Gasteiger charge is -2.37. The minimum absolute atomic E-state index is 0.118. The van der Waals surface area contributed by atoms with Gasteiger partial charge in [-0.2, -0.15) is 0 Å². The second-order valence-electron chi connectivity index (χ2n) is 15.1. The van der Waals surface area contributed by atoms with Gasteiger partial charge < -0.3 is 21.1 Å². The Labute approximate surface area is 353 Å². The maximum atomic E-state index is 14.1. The van der Waals surface area contributed by atoms with Crippen molar-refractivity contribution in [2.24, 2.45) is 5.11 Å². The van der Waals surface area contributed by atoms with E-state index in [0.29, 0.717) is 50.0 Å². The van der Waals surface area contributed by atoms with Gasteiger partial charge in [0.05, 0.1) is 12.1 Å². The van der Waals surface area contributed by atoms with Crippen LogP contribution in [-0.4, -0.2) is 48.0 Å². The van der Waals surface area contributed by atoms with E-state index < -0.39 is 23.5 Å². The van der Waals surface area contributed by atoms with Crippen LogP contribution in [0.1, 0.15) is 84.7 Å². The average molecular weight is 808 g/mol. The Hall–Kier alpha value is -6.26. The Kier molecular flexibility index (Phi) is 17.9. The van der Waals surface area contributed by atoms with Crippen LogP contribution in [0.2, 0.25) is 0 Å². The summed E-state index contributed by atoms with van der Waals surface area (Å²) in [7, 11) is 0. The highest BCUT2D eigenvalue weighted by molar-refractivity contribution is 5.98. The lowest BCUT2D eigenvalue weighted by atomic mass is 9.76. The van der Waals surface area contributed by atoms with Crippen molar-refractivity contribution >= 4 is 23.4 Å².